The molecule has 0 saturated heterocycles. The van der Waals surface area contributed by atoms with E-state index in [0.29, 0.717) is 0 Å². The lowest BCUT2D eigenvalue weighted by Gasteiger charge is -2.17. The Balaban J connectivity index is 2.32. The molecule has 2 nitrogen and oxygen atoms in total. The first-order valence-corrected chi connectivity index (χ1v) is 6.56. The van der Waals surface area contributed by atoms with Gasteiger partial charge in [-0.2, -0.15) is 0 Å². The fraction of sp³-hybridized carbons (Fsp3) is 0.235. The Kier molecular flexibility index (Phi) is 4.35. The van der Waals surface area contributed by atoms with Crippen molar-refractivity contribution in [1.82, 2.24) is 0 Å². The van der Waals surface area contributed by atoms with Gasteiger partial charge >= 0.3 is 5.97 Å². The van der Waals surface area contributed by atoms with Crippen molar-refractivity contribution in [2.75, 3.05) is 0 Å². The molecule has 0 bridgehead atoms. The van der Waals surface area contributed by atoms with Gasteiger partial charge in [0, 0.05) is 6.08 Å². The summed E-state index contributed by atoms with van der Waals surface area (Å²) in [5.41, 5.74) is 1.04. The summed E-state index contributed by atoms with van der Waals surface area (Å²) < 4.78 is 5.42. The standard InChI is InChI=1S/C17H18O2/c1-3-7-16(19-17(18)4-2)15-11-10-13-8-5-6-9-14(13)12-15/h4-6,8-12,16H,2-3,7H2,1H3/t16-/m0/s1. The third-order valence-electron chi connectivity index (χ3n) is 3.12. The summed E-state index contributed by atoms with van der Waals surface area (Å²) in [7, 11) is 0. The molecule has 0 saturated carbocycles. The lowest BCUT2D eigenvalue weighted by molar-refractivity contribution is -0.143. The summed E-state index contributed by atoms with van der Waals surface area (Å²) in [5, 5.41) is 2.35. The third-order valence-corrected chi connectivity index (χ3v) is 3.12. The van der Waals surface area contributed by atoms with E-state index in [1.54, 1.807) is 0 Å². The second kappa shape index (κ2) is 6.19. The van der Waals surface area contributed by atoms with E-state index in [1.807, 2.05) is 18.2 Å². The van der Waals surface area contributed by atoms with Gasteiger partial charge < -0.3 is 4.74 Å². The topological polar surface area (TPSA) is 26.3 Å². The highest BCUT2D eigenvalue weighted by Gasteiger charge is 2.14. The van der Waals surface area contributed by atoms with Crippen LogP contribution >= 0.6 is 0 Å². The molecule has 0 spiro atoms. The Hall–Kier alpha value is -2.09. The van der Waals surface area contributed by atoms with Crippen molar-refractivity contribution in [1.29, 1.82) is 0 Å². The highest BCUT2D eigenvalue weighted by Crippen LogP contribution is 2.26. The van der Waals surface area contributed by atoms with Crippen LogP contribution in [0, 0.1) is 0 Å². The summed E-state index contributed by atoms with van der Waals surface area (Å²) >= 11 is 0. The Morgan fingerprint density at radius 2 is 2.00 bits per heavy atom. The molecule has 19 heavy (non-hydrogen) atoms. The molecule has 0 amide bonds. The molecular weight excluding hydrogens is 236 g/mol. The van der Waals surface area contributed by atoms with Gasteiger partial charge in [0.1, 0.15) is 6.10 Å². The van der Waals surface area contributed by atoms with E-state index >= 15 is 0 Å². The van der Waals surface area contributed by atoms with Crippen LogP contribution in [0.2, 0.25) is 0 Å². The summed E-state index contributed by atoms with van der Waals surface area (Å²) in [6.45, 7) is 5.52. The van der Waals surface area contributed by atoms with Crippen LogP contribution in [0.5, 0.6) is 0 Å². The largest absolute Gasteiger partial charge is 0.454 e. The molecule has 2 aromatic rings. The van der Waals surface area contributed by atoms with E-state index in [1.165, 1.54) is 11.5 Å². The minimum Gasteiger partial charge on any atom is -0.454 e. The van der Waals surface area contributed by atoms with Crippen LogP contribution in [-0.2, 0) is 9.53 Å². The molecule has 2 aromatic carbocycles. The normalized spacial score (nSPS) is 12.1. The summed E-state index contributed by atoms with van der Waals surface area (Å²) in [6.07, 6.45) is 2.80. The third kappa shape index (κ3) is 3.22. The first-order chi connectivity index (χ1) is 9.24. The SMILES string of the molecule is C=CC(=O)O[C@@H](CCC)c1ccc2ccccc2c1. The van der Waals surface area contributed by atoms with Gasteiger partial charge in [-0.15, -0.1) is 0 Å². The summed E-state index contributed by atoms with van der Waals surface area (Å²) in [5.74, 6) is -0.369. The van der Waals surface area contributed by atoms with Crippen LogP contribution < -0.4 is 0 Å². The van der Waals surface area contributed by atoms with Gasteiger partial charge in [0.15, 0.2) is 0 Å². The van der Waals surface area contributed by atoms with Crippen molar-refractivity contribution in [2.45, 2.75) is 25.9 Å². The Morgan fingerprint density at radius 1 is 1.26 bits per heavy atom. The van der Waals surface area contributed by atoms with Gasteiger partial charge in [-0.1, -0.05) is 56.3 Å². The fourth-order valence-corrected chi connectivity index (χ4v) is 2.15. The van der Waals surface area contributed by atoms with Gasteiger partial charge in [0.25, 0.3) is 0 Å². The quantitative estimate of drug-likeness (QED) is 0.583. The van der Waals surface area contributed by atoms with E-state index in [4.69, 9.17) is 4.74 Å². The number of fused-ring (bicyclic) bond motifs is 1. The zero-order chi connectivity index (χ0) is 13.7. The second-order valence-corrected chi connectivity index (χ2v) is 4.52. The minimum absolute atomic E-state index is 0.194. The van der Waals surface area contributed by atoms with Gasteiger partial charge in [0.2, 0.25) is 0 Å². The summed E-state index contributed by atoms with van der Waals surface area (Å²) in [4.78, 5) is 11.4. The lowest BCUT2D eigenvalue weighted by atomic mass is 10.0. The number of hydrogen-bond acceptors (Lipinski definition) is 2. The van der Waals surface area contributed by atoms with Gasteiger partial charge in [-0.05, 0) is 28.8 Å². The van der Waals surface area contributed by atoms with Gasteiger partial charge in [-0.3, -0.25) is 0 Å². The zero-order valence-corrected chi connectivity index (χ0v) is 11.1. The molecule has 0 aromatic heterocycles. The number of esters is 1. The number of rotatable bonds is 5. The van der Waals surface area contributed by atoms with Crippen molar-refractivity contribution in [3.05, 3.63) is 60.7 Å². The van der Waals surface area contributed by atoms with Crippen molar-refractivity contribution >= 4 is 16.7 Å². The molecule has 0 N–H and O–H groups in total. The van der Waals surface area contributed by atoms with Crippen molar-refractivity contribution < 1.29 is 9.53 Å². The minimum atomic E-state index is -0.369. The predicted molar refractivity (Wildman–Crippen MR) is 77.9 cm³/mol. The Morgan fingerprint density at radius 3 is 2.68 bits per heavy atom. The van der Waals surface area contributed by atoms with E-state index in [9.17, 15) is 4.79 Å². The van der Waals surface area contributed by atoms with Crippen LogP contribution in [0.4, 0.5) is 0 Å². The van der Waals surface area contributed by atoms with Crippen LogP contribution in [0.15, 0.2) is 55.1 Å². The highest BCUT2D eigenvalue weighted by molar-refractivity contribution is 5.84. The second-order valence-electron chi connectivity index (χ2n) is 4.52. The van der Waals surface area contributed by atoms with Crippen molar-refractivity contribution in [3.8, 4) is 0 Å². The maximum absolute atomic E-state index is 11.4. The van der Waals surface area contributed by atoms with Gasteiger partial charge in [0.05, 0.1) is 0 Å². The number of carbonyl (C=O) groups is 1. The molecule has 1 atom stereocenters. The average molecular weight is 254 g/mol. The molecule has 0 heterocycles. The molecule has 0 radical (unpaired) electrons. The zero-order valence-electron chi connectivity index (χ0n) is 11.1. The average Bonchev–Trinajstić information content (AvgIpc) is 2.46. The number of ether oxygens (including phenoxy) is 1. The molecule has 0 aliphatic rings. The van der Waals surface area contributed by atoms with E-state index in [0.717, 1.165) is 23.8 Å². The monoisotopic (exact) mass is 254 g/mol. The van der Waals surface area contributed by atoms with E-state index in [2.05, 4.69) is 37.8 Å². The van der Waals surface area contributed by atoms with Crippen molar-refractivity contribution in [3.63, 3.8) is 0 Å². The predicted octanol–water partition coefficient (Wildman–Crippen LogP) is 4.41. The molecule has 98 valence electrons. The fourth-order valence-electron chi connectivity index (χ4n) is 2.15. The van der Waals surface area contributed by atoms with E-state index < -0.39 is 0 Å². The lowest BCUT2D eigenvalue weighted by Crippen LogP contribution is -2.09. The first-order valence-electron chi connectivity index (χ1n) is 6.56. The summed E-state index contributed by atoms with van der Waals surface area (Å²) in [6, 6.07) is 14.3. The molecule has 2 rings (SSSR count). The maximum Gasteiger partial charge on any atom is 0.330 e. The van der Waals surface area contributed by atoms with Crippen LogP contribution in [0.1, 0.15) is 31.4 Å². The highest BCUT2D eigenvalue weighted by atomic mass is 16.5. The number of benzene rings is 2. The molecule has 0 unspecified atom stereocenters. The Labute approximate surface area is 113 Å². The molecule has 0 aliphatic heterocycles. The maximum atomic E-state index is 11.4. The molecule has 0 fully saturated rings. The molecule has 2 heteroatoms. The number of hydrogen-bond donors (Lipinski definition) is 0. The van der Waals surface area contributed by atoms with Crippen molar-refractivity contribution in [2.24, 2.45) is 0 Å². The molecule has 0 aliphatic carbocycles. The van der Waals surface area contributed by atoms with Crippen LogP contribution in [0.3, 0.4) is 0 Å². The number of carbonyl (C=O) groups excluding carboxylic acids is 1. The van der Waals surface area contributed by atoms with Crippen LogP contribution in [0.25, 0.3) is 10.8 Å². The smallest absolute Gasteiger partial charge is 0.330 e. The Bertz CT molecular complexity index is 587. The molecular formula is C17H18O2. The first kappa shape index (κ1) is 13.3. The van der Waals surface area contributed by atoms with Crippen LogP contribution in [-0.4, -0.2) is 5.97 Å². The van der Waals surface area contributed by atoms with E-state index in [-0.39, 0.29) is 12.1 Å². The van der Waals surface area contributed by atoms with Gasteiger partial charge in [-0.25, -0.2) is 4.79 Å².